The van der Waals surface area contributed by atoms with E-state index in [9.17, 15) is 4.79 Å². The molecule has 2 aromatic rings. The third kappa shape index (κ3) is 3.66. The highest BCUT2D eigenvalue weighted by Crippen LogP contribution is 2.20. The highest BCUT2D eigenvalue weighted by atomic mass is 16.2. The van der Waals surface area contributed by atoms with Gasteiger partial charge in [0.15, 0.2) is 5.69 Å². The summed E-state index contributed by atoms with van der Waals surface area (Å²) in [6, 6.07) is 8.93. The number of nitrogens with zero attached hydrogens (tertiary/aromatic N) is 1. The largest absolute Gasteiger partial charge is 0.399 e. The first-order chi connectivity index (χ1) is 10.3. The summed E-state index contributed by atoms with van der Waals surface area (Å²) in [5, 5.41) is 6.90. The van der Waals surface area contributed by atoms with Crippen molar-refractivity contribution in [2.75, 3.05) is 5.73 Å². The lowest BCUT2D eigenvalue weighted by molar-refractivity contribution is 0.0937. The minimum atomic E-state index is -0.330. The van der Waals surface area contributed by atoms with Crippen molar-refractivity contribution < 1.29 is 4.79 Å². The number of rotatable bonds is 4. The number of nitrogens with two attached hydrogens (primary N) is 1. The molecule has 5 N–H and O–H groups in total. The lowest BCUT2D eigenvalue weighted by Gasteiger charge is -2.14. The van der Waals surface area contributed by atoms with Crippen molar-refractivity contribution in [3.8, 4) is 0 Å². The number of nitrogens with one attached hydrogen (secondary N) is 3. The number of hydrazine groups is 1. The maximum absolute atomic E-state index is 12.1. The van der Waals surface area contributed by atoms with E-state index in [1.165, 1.54) is 0 Å². The SMILES string of the molecule is C=C(NNC(=O)c1cc(C(C)(C)C)[nH]n1)c1ccc(N)cc1. The van der Waals surface area contributed by atoms with Gasteiger partial charge in [0, 0.05) is 16.8 Å². The summed E-state index contributed by atoms with van der Waals surface area (Å²) < 4.78 is 0. The highest BCUT2D eigenvalue weighted by Gasteiger charge is 2.19. The zero-order chi connectivity index (χ0) is 16.3. The van der Waals surface area contributed by atoms with Crippen LogP contribution in [0.1, 0.15) is 42.5 Å². The van der Waals surface area contributed by atoms with Crippen LogP contribution in [-0.4, -0.2) is 16.1 Å². The van der Waals surface area contributed by atoms with Gasteiger partial charge in [-0.15, -0.1) is 0 Å². The molecule has 1 aromatic heterocycles. The number of aromatic nitrogens is 2. The smallest absolute Gasteiger partial charge is 0.290 e. The number of benzene rings is 1. The van der Waals surface area contributed by atoms with Crippen LogP contribution < -0.4 is 16.6 Å². The molecule has 0 bridgehead atoms. The molecule has 1 aromatic carbocycles. The predicted molar refractivity (Wildman–Crippen MR) is 87.8 cm³/mol. The van der Waals surface area contributed by atoms with Crippen molar-refractivity contribution in [1.29, 1.82) is 0 Å². The standard InChI is InChI=1S/C16H21N5O/c1-10(11-5-7-12(17)8-6-11)18-21-15(22)13-9-14(20-19-13)16(2,3)4/h5-9,18H,1,17H2,2-4H3,(H,19,20)(H,21,22). The predicted octanol–water partition coefficient (Wildman–Crippen LogP) is 2.19. The summed E-state index contributed by atoms with van der Waals surface area (Å²) in [7, 11) is 0. The highest BCUT2D eigenvalue weighted by molar-refractivity contribution is 5.92. The molecule has 2 rings (SSSR count). The van der Waals surface area contributed by atoms with E-state index >= 15 is 0 Å². The maximum Gasteiger partial charge on any atom is 0.290 e. The van der Waals surface area contributed by atoms with Crippen LogP contribution >= 0.6 is 0 Å². The molecule has 0 aliphatic rings. The minimum absolute atomic E-state index is 0.0907. The van der Waals surface area contributed by atoms with Crippen molar-refractivity contribution >= 4 is 17.3 Å². The van der Waals surface area contributed by atoms with Crippen molar-refractivity contribution in [2.45, 2.75) is 26.2 Å². The van der Waals surface area contributed by atoms with Gasteiger partial charge in [0.2, 0.25) is 0 Å². The first kappa shape index (κ1) is 15.6. The summed E-state index contributed by atoms with van der Waals surface area (Å²) in [6.45, 7) is 10.0. The number of H-pyrrole nitrogens is 1. The summed E-state index contributed by atoms with van der Waals surface area (Å²) in [6.07, 6.45) is 0. The molecule has 1 amide bonds. The van der Waals surface area contributed by atoms with E-state index in [0.29, 0.717) is 17.1 Å². The number of amides is 1. The van der Waals surface area contributed by atoms with E-state index in [1.54, 1.807) is 18.2 Å². The molecule has 6 nitrogen and oxygen atoms in total. The third-order valence-corrected chi connectivity index (χ3v) is 3.20. The molecule has 1 heterocycles. The number of carbonyl (C=O) groups is 1. The summed E-state index contributed by atoms with van der Waals surface area (Å²) in [5.74, 6) is -0.330. The van der Waals surface area contributed by atoms with Crippen LogP contribution in [0, 0.1) is 0 Å². The monoisotopic (exact) mass is 299 g/mol. The van der Waals surface area contributed by atoms with Gasteiger partial charge in [-0.3, -0.25) is 20.7 Å². The van der Waals surface area contributed by atoms with Crippen LogP contribution in [0.25, 0.3) is 5.70 Å². The second-order valence-electron chi connectivity index (χ2n) is 6.10. The van der Waals surface area contributed by atoms with Crippen LogP contribution in [0.2, 0.25) is 0 Å². The number of aromatic amines is 1. The van der Waals surface area contributed by atoms with Crippen molar-refractivity contribution in [3.63, 3.8) is 0 Å². The second-order valence-corrected chi connectivity index (χ2v) is 6.10. The molecule has 0 aliphatic carbocycles. The second kappa shape index (κ2) is 5.93. The molecule has 0 aliphatic heterocycles. The van der Waals surface area contributed by atoms with Crippen molar-refractivity contribution in [3.05, 3.63) is 53.9 Å². The fraction of sp³-hybridized carbons (Fsp3) is 0.250. The Labute approximate surface area is 129 Å². The van der Waals surface area contributed by atoms with Crippen molar-refractivity contribution in [2.24, 2.45) is 0 Å². The number of hydrogen-bond donors (Lipinski definition) is 4. The van der Waals surface area contributed by atoms with E-state index in [0.717, 1.165) is 11.3 Å². The molecule has 0 spiro atoms. The van der Waals surface area contributed by atoms with Crippen LogP contribution in [0.3, 0.4) is 0 Å². The minimum Gasteiger partial charge on any atom is -0.399 e. The van der Waals surface area contributed by atoms with E-state index in [-0.39, 0.29) is 11.3 Å². The quantitative estimate of drug-likeness (QED) is 0.514. The Morgan fingerprint density at radius 1 is 1.23 bits per heavy atom. The van der Waals surface area contributed by atoms with Gasteiger partial charge in [-0.2, -0.15) is 5.10 Å². The Morgan fingerprint density at radius 3 is 2.41 bits per heavy atom. The Kier molecular flexibility index (Phi) is 4.21. The molecule has 6 heteroatoms. The summed E-state index contributed by atoms with van der Waals surface area (Å²) in [4.78, 5) is 12.1. The van der Waals surface area contributed by atoms with Gasteiger partial charge in [-0.05, 0) is 23.8 Å². The van der Waals surface area contributed by atoms with Gasteiger partial charge in [0.05, 0.1) is 5.70 Å². The molecule has 0 saturated heterocycles. The molecule has 0 unspecified atom stereocenters. The average molecular weight is 299 g/mol. The lowest BCUT2D eigenvalue weighted by Crippen LogP contribution is -2.36. The first-order valence-corrected chi connectivity index (χ1v) is 6.94. The molecule has 0 radical (unpaired) electrons. The molecular weight excluding hydrogens is 278 g/mol. The zero-order valence-corrected chi connectivity index (χ0v) is 13.0. The molecule has 0 atom stereocenters. The van der Waals surface area contributed by atoms with E-state index in [1.807, 2.05) is 32.9 Å². The summed E-state index contributed by atoms with van der Waals surface area (Å²) in [5.41, 5.74) is 14.2. The van der Waals surface area contributed by atoms with Gasteiger partial charge in [-0.25, -0.2) is 0 Å². The van der Waals surface area contributed by atoms with Crippen LogP contribution in [0.5, 0.6) is 0 Å². The number of anilines is 1. The lowest BCUT2D eigenvalue weighted by atomic mass is 9.92. The maximum atomic E-state index is 12.1. The molecular formula is C16H21N5O. The zero-order valence-electron chi connectivity index (χ0n) is 13.0. The number of nitrogen functional groups attached to an aromatic ring is 1. The van der Waals surface area contributed by atoms with Gasteiger partial charge in [0.25, 0.3) is 5.91 Å². The summed E-state index contributed by atoms with van der Waals surface area (Å²) >= 11 is 0. The normalized spacial score (nSPS) is 11.0. The van der Waals surface area contributed by atoms with Gasteiger partial charge >= 0.3 is 0 Å². The third-order valence-electron chi connectivity index (χ3n) is 3.20. The fourth-order valence-corrected chi connectivity index (χ4v) is 1.77. The van der Waals surface area contributed by atoms with Crippen LogP contribution in [0.4, 0.5) is 5.69 Å². The van der Waals surface area contributed by atoms with E-state index in [2.05, 4.69) is 27.6 Å². The average Bonchev–Trinajstić information content (AvgIpc) is 2.95. The molecule has 22 heavy (non-hydrogen) atoms. The molecule has 0 fully saturated rings. The molecule has 0 saturated carbocycles. The van der Waals surface area contributed by atoms with E-state index < -0.39 is 0 Å². The fourth-order valence-electron chi connectivity index (χ4n) is 1.77. The Balaban J connectivity index is 1.96. The number of hydrogen-bond acceptors (Lipinski definition) is 4. The molecule has 116 valence electrons. The topological polar surface area (TPSA) is 95.8 Å². The van der Waals surface area contributed by atoms with Gasteiger partial charge < -0.3 is 5.73 Å². The number of carbonyl (C=O) groups excluding carboxylic acids is 1. The Hall–Kier alpha value is -2.76. The van der Waals surface area contributed by atoms with Crippen LogP contribution in [0.15, 0.2) is 36.9 Å². The van der Waals surface area contributed by atoms with E-state index in [4.69, 9.17) is 5.73 Å². The first-order valence-electron chi connectivity index (χ1n) is 6.94. The van der Waals surface area contributed by atoms with Gasteiger partial charge in [0.1, 0.15) is 0 Å². The van der Waals surface area contributed by atoms with Crippen LogP contribution in [-0.2, 0) is 5.41 Å². The van der Waals surface area contributed by atoms with Crippen molar-refractivity contribution in [1.82, 2.24) is 21.0 Å². The Morgan fingerprint density at radius 2 is 1.86 bits per heavy atom. The van der Waals surface area contributed by atoms with Gasteiger partial charge in [-0.1, -0.05) is 39.5 Å². The Bertz CT molecular complexity index is 679.